The topological polar surface area (TPSA) is 40.5 Å². The van der Waals surface area contributed by atoms with Crippen molar-refractivity contribution in [1.82, 2.24) is 0 Å². The van der Waals surface area contributed by atoms with E-state index in [9.17, 15) is 10.2 Å². The van der Waals surface area contributed by atoms with Gasteiger partial charge in [0.15, 0.2) is 0 Å². The van der Waals surface area contributed by atoms with Crippen molar-refractivity contribution in [3.05, 3.63) is 11.6 Å². The molecule has 0 spiro atoms. The summed E-state index contributed by atoms with van der Waals surface area (Å²) in [6.07, 6.45) is 16.4. The minimum absolute atomic E-state index is 0.112. The van der Waals surface area contributed by atoms with E-state index >= 15 is 0 Å². The molecule has 0 aromatic heterocycles. The summed E-state index contributed by atoms with van der Waals surface area (Å²) in [5.74, 6) is 2.82. The predicted molar refractivity (Wildman–Crippen MR) is 116 cm³/mol. The first kappa shape index (κ1) is 20.9. The molecule has 0 aromatic carbocycles. The standard InChI is InChI=1S/C26H44O2/c1-5-6-7-14-26(4,28)23-11-10-21-20-9-8-18-17-19(27)12-15-24(18,2)22(20)13-16-25(21,23)3/h8,19-23,27-28H,5-7,9-17H2,1-4H3/t19-,20-,21-,22-,23-,24-,25-,26-/m0/s1. The molecule has 0 amide bonds. The molecule has 3 saturated carbocycles. The Morgan fingerprint density at radius 2 is 1.86 bits per heavy atom. The van der Waals surface area contributed by atoms with Gasteiger partial charge in [0.25, 0.3) is 0 Å². The van der Waals surface area contributed by atoms with E-state index in [1.54, 1.807) is 5.57 Å². The van der Waals surface area contributed by atoms with E-state index in [4.69, 9.17) is 0 Å². The largest absolute Gasteiger partial charge is 0.393 e. The molecule has 0 unspecified atom stereocenters. The lowest BCUT2D eigenvalue weighted by molar-refractivity contribution is -0.105. The number of unbranched alkanes of at least 4 members (excludes halogenated alkanes) is 2. The second kappa shape index (κ2) is 7.41. The molecule has 28 heavy (non-hydrogen) atoms. The zero-order chi connectivity index (χ0) is 20.2. The smallest absolute Gasteiger partial charge is 0.0653 e. The van der Waals surface area contributed by atoms with Gasteiger partial charge in [0, 0.05) is 0 Å². The van der Waals surface area contributed by atoms with E-state index in [1.807, 2.05) is 0 Å². The Labute approximate surface area is 173 Å². The molecule has 2 nitrogen and oxygen atoms in total. The third-order valence-electron chi connectivity index (χ3n) is 10.1. The lowest BCUT2D eigenvalue weighted by atomic mass is 9.46. The van der Waals surface area contributed by atoms with Gasteiger partial charge in [-0.15, -0.1) is 0 Å². The molecule has 3 fully saturated rings. The molecule has 2 N–H and O–H groups in total. The van der Waals surface area contributed by atoms with Gasteiger partial charge < -0.3 is 10.2 Å². The van der Waals surface area contributed by atoms with Crippen LogP contribution in [0.3, 0.4) is 0 Å². The maximum absolute atomic E-state index is 11.5. The lowest BCUT2D eigenvalue weighted by Gasteiger charge is -2.59. The van der Waals surface area contributed by atoms with Gasteiger partial charge in [-0.3, -0.25) is 0 Å². The minimum atomic E-state index is -0.500. The molecule has 0 aromatic rings. The quantitative estimate of drug-likeness (QED) is 0.431. The van der Waals surface area contributed by atoms with Crippen LogP contribution in [0, 0.1) is 34.5 Å². The number of hydrogen-bond acceptors (Lipinski definition) is 2. The molecule has 2 heteroatoms. The highest BCUT2D eigenvalue weighted by atomic mass is 16.3. The van der Waals surface area contributed by atoms with Crippen molar-refractivity contribution in [3.8, 4) is 0 Å². The van der Waals surface area contributed by atoms with Crippen molar-refractivity contribution in [2.24, 2.45) is 34.5 Å². The minimum Gasteiger partial charge on any atom is -0.393 e. The maximum atomic E-state index is 11.5. The van der Waals surface area contributed by atoms with E-state index < -0.39 is 5.60 Å². The molecular weight excluding hydrogens is 344 g/mol. The molecular formula is C26H44O2. The van der Waals surface area contributed by atoms with Gasteiger partial charge in [-0.25, -0.2) is 0 Å². The molecule has 0 heterocycles. The average Bonchev–Trinajstić information content (AvgIpc) is 3.00. The number of aliphatic hydroxyl groups excluding tert-OH is 1. The molecule has 160 valence electrons. The molecule has 0 bridgehead atoms. The fourth-order valence-electron chi connectivity index (χ4n) is 8.57. The van der Waals surface area contributed by atoms with E-state index in [0.29, 0.717) is 16.7 Å². The van der Waals surface area contributed by atoms with Gasteiger partial charge in [0.05, 0.1) is 11.7 Å². The van der Waals surface area contributed by atoms with Gasteiger partial charge in [-0.05, 0) is 99.2 Å². The van der Waals surface area contributed by atoms with Crippen molar-refractivity contribution in [1.29, 1.82) is 0 Å². The van der Waals surface area contributed by atoms with Crippen molar-refractivity contribution in [2.45, 2.75) is 116 Å². The van der Waals surface area contributed by atoms with Crippen LogP contribution in [0.5, 0.6) is 0 Å². The lowest BCUT2D eigenvalue weighted by Crippen LogP contribution is -2.53. The average molecular weight is 389 g/mol. The van der Waals surface area contributed by atoms with Crippen LogP contribution in [0.25, 0.3) is 0 Å². The zero-order valence-electron chi connectivity index (χ0n) is 18.8. The molecule has 4 rings (SSSR count). The SMILES string of the molecule is CCCCC[C@](C)(O)[C@H]1CC[C@H]2[C@@H]3CC=C4C[C@@H](O)CC[C@]4(C)[C@H]3CC[C@@]21C. The highest BCUT2D eigenvalue weighted by Gasteiger charge is 2.61. The van der Waals surface area contributed by atoms with Gasteiger partial charge in [-0.1, -0.05) is 51.7 Å². The fraction of sp³-hybridized carbons (Fsp3) is 0.923. The Kier molecular flexibility index (Phi) is 5.54. The summed E-state index contributed by atoms with van der Waals surface area (Å²) in [4.78, 5) is 0. The van der Waals surface area contributed by atoms with E-state index in [1.165, 1.54) is 57.8 Å². The first-order valence-electron chi connectivity index (χ1n) is 12.3. The van der Waals surface area contributed by atoms with Crippen LogP contribution >= 0.6 is 0 Å². The van der Waals surface area contributed by atoms with Crippen LogP contribution in [-0.4, -0.2) is 21.9 Å². The fourth-order valence-corrected chi connectivity index (χ4v) is 8.57. The van der Waals surface area contributed by atoms with Crippen molar-refractivity contribution in [2.75, 3.05) is 0 Å². The Morgan fingerprint density at radius 3 is 2.61 bits per heavy atom. The Morgan fingerprint density at radius 1 is 1.07 bits per heavy atom. The Hall–Kier alpha value is -0.340. The van der Waals surface area contributed by atoms with Crippen LogP contribution in [-0.2, 0) is 0 Å². The summed E-state index contributed by atoms with van der Waals surface area (Å²) in [5, 5.41) is 21.7. The van der Waals surface area contributed by atoms with Gasteiger partial charge in [-0.2, -0.15) is 0 Å². The first-order chi connectivity index (χ1) is 13.2. The predicted octanol–water partition coefficient (Wildman–Crippen LogP) is 6.26. The third-order valence-corrected chi connectivity index (χ3v) is 10.1. The summed E-state index contributed by atoms with van der Waals surface area (Å²) in [7, 11) is 0. The number of hydrogen-bond donors (Lipinski definition) is 2. The van der Waals surface area contributed by atoms with Crippen molar-refractivity contribution in [3.63, 3.8) is 0 Å². The molecule has 0 saturated heterocycles. The van der Waals surface area contributed by atoms with Gasteiger partial charge in [0.1, 0.15) is 0 Å². The normalized spacial score (nSPS) is 47.5. The molecule has 4 aliphatic rings. The first-order valence-corrected chi connectivity index (χ1v) is 12.3. The number of fused-ring (bicyclic) bond motifs is 5. The summed E-state index contributed by atoms with van der Waals surface area (Å²) in [5.41, 5.74) is 1.70. The molecule has 0 aliphatic heterocycles. The second-order valence-electron chi connectivity index (χ2n) is 11.6. The highest BCUT2D eigenvalue weighted by Crippen LogP contribution is 2.67. The van der Waals surface area contributed by atoms with Gasteiger partial charge in [0.2, 0.25) is 0 Å². The van der Waals surface area contributed by atoms with E-state index in [0.717, 1.165) is 37.0 Å². The summed E-state index contributed by atoms with van der Waals surface area (Å²) < 4.78 is 0. The van der Waals surface area contributed by atoms with Crippen LogP contribution in [0.2, 0.25) is 0 Å². The van der Waals surface area contributed by atoms with Gasteiger partial charge >= 0.3 is 0 Å². The molecule has 4 aliphatic carbocycles. The Balaban J connectivity index is 1.55. The van der Waals surface area contributed by atoms with Crippen LogP contribution in [0.1, 0.15) is 105 Å². The maximum Gasteiger partial charge on any atom is 0.0653 e. The summed E-state index contributed by atoms with van der Waals surface area (Å²) in [6, 6.07) is 0. The monoisotopic (exact) mass is 388 g/mol. The molecule has 0 radical (unpaired) electrons. The van der Waals surface area contributed by atoms with Crippen molar-refractivity contribution >= 4 is 0 Å². The van der Waals surface area contributed by atoms with E-state index in [2.05, 4.69) is 33.8 Å². The van der Waals surface area contributed by atoms with Crippen molar-refractivity contribution < 1.29 is 10.2 Å². The van der Waals surface area contributed by atoms with Crippen LogP contribution in [0.15, 0.2) is 11.6 Å². The number of allylic oxidation sites excluding steroid dienone is 1. The Bertz CT molecular complexity index is 608. The zero-order valence-corrected chi connectivity index (χ0v) is 18.8. The molecule has 8 atom stereocenters. The number of aliphatic hydroxyl groups is 2. The summed E-state index contributed by atoms with van der Waals surface area (Å²) >= 11 is 0. The van der Waals surface area contributed by atoms with E-state index in [-0.39, 0.29) is 6.10 Å². The second-order valence-corrected chi connectivity index (χ2v) is 11.6. The van der Waals surface area contributed by atoms with Crippen LogP contribution < -0.4 is 0 Å². The third kappa shape index (κ3) is 3.22. The summed E-state index contributed by atoms with van der Waals surface area (Å²) in [6.45, 7) is 9.44. The van der Waals surface area contributed by atoms with Crippen LogP contribution in [0.4, 0.5) is 0 Å². The number of rotatable bonds is 5. The highest BCUT2D eigenvalue weighted by molar-refractivity contribution is 5.25.